The largest absolute Gasteiger partial charge is 0.394 e. The molecule has 2 N–H and O–H groups in total. The van der Waals surface area contributed by atoms with Crippen LogP contribution in [0, 0.1) is 0 Å². The van der Waals surface area contributed by atoms with E-state index in [4.69, 9.17) is 5.11 Å². The highest BCUT2D eigenvalue weighted by Crippen LogP contribution is 2.31. The van der Waals surface area contributed by atoms with Crippen molar-refractivity contribution in [3.63, 3.8) is 0 Å². The first-order valence-electron chi connectivity index (χ1n) is 5.46. The Hall–Kier alpha value is -0.293. The summed E-state index contributed by atoms with van der Waals surface area (Å²) in [4.78, 5) is 1.28. The Labute approximate surface area is 103 Å². The summed E-state index contributed by atoms with van der Waals surface area (Å²) in [5.41, 5.74) is 0. The van der Waals surface area contributed by atoms with E-state index >= 15 is 0 Å². The standard InChI is InChI=1S/C12H20O2SSi/c1-16(2,3)12(11(14)9-13)15-10-7-5-4-6-8-10/h4-8,11-14H,9H2,1-3H3/t11-,12+/m0/s1. The van der Waals surface area contributed by atoms with Crippen molar-refractivity contribution in [3.8, 4) is 0 Å². The zero-order valence-electron chi connectivity index (χ0n) is 10.1. The fraction of sp³-hybridized carbons (Fsp3) is 0.500. The predicted molar refractivity (Wildman–Crippen MR) is 72.5 cm³/mol. The molecule has 1 aromatic carbocycles. The number of rotatable bonds is 5. The van der Waals surface area contributed by atoms with Gasteiger partial charge in [0.1, 0.15) is 0 Å². The fourth-order valence-corrected chi connectivity index (χ4v) is 5.51. The van der Waals surface area contributed by atoms with E-state index in [0.29, 0.717) is 0 Å². The molecule has 0 fully saturated rings. The minimum Gasteiger partial charge on any atom is -0.394 e. The number of aliphatic hydroxyl groups excluding tert-OH is 2. The Morgan fingerprint density at radius 1 is 1.19 bits per heavy atom. The maximum Gasteiger partial charge on any atom is 0.0867 e. The van der Waals surface area contributed by atoms with Crippen molar-refractivity contribution in [2.75, 3.05) is 6.61 Å². The van der Waals surface area contributed by atoms with Gasteiger partial charge < -0.3 is 10.2 Å². The predicted octanol–water partition coefficient (Wildman–Crippen LogP) is 2.38. The van der Waals surface area contributed by atoms with Gasteiger partial charge in [0, 0.05) is 9.77 Å². The zero-order chi connectivity index (χ0) is 12.2. The SMILES string of the molecule is C[Si](C)(C)[C@@H](Sc1ccccc1)[C@@H](O)CO. The Bertz CT molecular complexity index is 311. The highest BCUT2D eigenvalue weighted by molar-refractivity contribution is 8.01. The molecule has 0 amide bonds. The first-order valence-corrected chi connectivity index (χ1v) is 9.91. The third-order valence-corrected chi connectivity index (χ3v) is 8.08. The summed E-state index contributed by atoms with van der Waals surface area (Å²) in [6, 6.07) is 10.1. The van der Waals surface area contributed by atoms with Gasteiger partial charge in [-0.1, -0.05) is 37.8 Å². The van der Waals surface area contributed by atoms with E-state index < -0.39 is 14.2 Å². The minimum absolute atomic E-state index is 0.125. The van der Waals surface area contributed by atoms with Crippen LogP contribution < -0.4 is 0 Å². The molecule has 2 atom stereocenters. The molecule has 0 aliphatic carbocycles. The van der Waals surface area contributed by atoms with E-state index in [9.17, 15) is 5.11 Å². The van der Waals surface area contributed by atoms with Gasteiger partial charge in [-0.2, -0.15) is 0 Å². The van der Waals surface area contributed by atoms with E-state index in [2.05, 4.69) is 19.6 Å². The van der Waals surface area contributed by atoms with Crippen molar-refractivity contribution in [2.45, 2.75) is 35.5 Å². The normalized spacial score (nSPS) is 15.8. The van der Waals surface area contributed by atoms with E-state index in [-0.39, 0.29) is 11.5 Å². The molecule has 90 valence electrons. The number of aliphatic hydroxyl groups is 2. The number of thioether (sulfide) groups is 1. The molecule has 0 unspecified atom stereocenters. The average Bonchev–Trinajstić information content (AvgIpc) is 2.25. The Morgan fingerprint density at radius 2 is 1.75 bits per heavy atom. The van der Waals surface area contributed by atoms with Crippen LogP contribution in [0.2, 0.25) is 19.6 Å². The summed E-state index contributed by atoms with van der Waals surface area (Å²) in [7, 11) is -1.50. The maximum absolute atomic E-state index is 9.88. The van der Waals surface area contributed by atoms with E-state index in [1.807, 2.05) is 30.3 Å². The van der Waals surface area contributed by atoms with Crippen molar-refractivity contribution in [1.82, 2.24) is 0 Å². The fourth-order valence-electron chi connectivity index (χ4n) is 1.57. The van der Waals surface area contributed by atoms with Gasteiger partial charge in [0.25, 0.3) is 0 Å². The van der Waals surface area contributed by atoms with Crippen LogP contribution in [0.3, 0.4) is 0 Å². The number of hydrogen-bond acceptors (Lipinski definition) is 3. The van der Waals surface area contributed by atoms with Gasteiger partial charge in [0.15, 0.2) is 0 Å². The molecule has 1 rings (SSSR count). The Balaban J connectivity index is 2.80. The molecular formula is C12H20O2SSi. The second kappa shape index (κ2) is 5.86. The van der Waals surface area contributed by atoms with Crippen molar-refractivity contribution in [1.29, 1.82) is 0 Å². The minimum atomic E-state index is -1.50. The van der Waals surface area contributed by atoms with Crippen LogP contribution in [0.5, 0.6) is 0 Å². The lowest BCUT2D eigenvalue weighted by atomic mass is 10.4. The van der Waals surface area contributed by atoms with Crippen molar-refractivity contribution in [2.24, 2.45) is 0 Å². The lowest BCUT2D eigenvalue weighted by Gasteiger charge is -2.31. The average molecular weight is 256 g/mol. The summed E-state index contributed by atoms with van der Waals surface area (Å²) in [6.07, 6.45) is -0.628. The third kappa shape index (κ3) is 3.94. The van der Waals surface area contributed by atoms with Crippen molar-refractivity contribution < 1.29 is 10.2 Å². The molecule has 0 saturated heterocycles. The van der Waals surface area contributed by atoms with Crippen LogP contribution in [-0.2, 0) is 0 Å². The third-order valence-electron chi connectivity index (χ3n) is 2.40. The first kappa shape index (κ1) is 13.8. The molecule has 16 heavy (non-hydrogen) atoms. The molecule has 2 nitrogen and oxygen atoms in total. The molecule has 0 aromatic heterocycles. The Morgan fingerprint density at radius 3 is 2.19 bits per heavy atom. The van der Waals surface area contributed by atoms with Gasteiger partial charge >= 0.3 is 0 Å². The van der Waals surface area contributed by atoms with Gasteiger partial charge in [-0.15, -0.1) is 11.8 Å². The summed E-state index contributed by atoms with van der Waals surface area (Å²) in [5.74, 6) is 0. The van der Waals surface area contributed by atoms with Crippen LogP contribution in [0.15, 0.2) is 35.2 Å². The van der Waals surface area contributed by atoms with E-state index in [1.54, 1.807) is 11.8 Å². The molecular weight excluding hydrogens is 236 g/mol. The molecule has 0 aliphatic heterocycles. The van der Waals surface area contributed by atoms with Gasteiger partial charge in [-0.3, -0.25) is 0 Å². The molecule has 4 heteroatoms. The molecule has 0 radical (unpaired) electrons. The summed E-state index contributed by atoms with van der Waals surface area (Å²) < 4.78 is 0. The molecule has 1 aromatic rings. The highest BCUT2D eigenvalue weighted by Gasteiger charge is 2.33. The monoisotopic (exact) mass is 256 g/mol. The van der Waals surface area contributed by atoms with Crippen molar-refractivity contribution >= 4 is 19.8 Å². The summed E-state index contributed by atoms with van der Waals surface area (Å²) >= 11 is 1.68. The van der Waals surface area contributed by atoms with E-state index in [0.717, 1.165) is 4.90 Å². The lowest BCUT2D eigenvalue weighted by molar-refractivity contribution is 0.105. The zero-order valence-corrected chi connectivity index (χ0v) is 11.9. The lowest BCUT2D eigenvalue weighted by Crippen LogP contribution is -2.45. The van der Waals surface area contributed by atoms with Crippen LogP contribution in [0.1, 0.15) is 0 Å². The summed E-state index contributed by atoms with van der Waals surface area (Å²) in [6.45, 7) is 6.49. The van der Waals surface area contributed by atoms with Crippen LogP contribution in [-0.4, -0.2) is 35.9 Å². The second-order valence-electron chi connectivity index (χ2n) is 4.97. The van der Waals surface area contributed by atoms with Crippen LogP contribution in [0.4, 0.5) is 0 Å². The first-order chi connectivity index (χ1) is 7.45. The van der Waals surface area contributed by atoms with Gasteiger partial charge in [-0.05, 0) is 12.1 Å². The van der Waals surface area contributed by atoms with Crippen molar-refractivity contribution in [3.05, 3.63) is 30.3 Å². The second-order valence-corrected chi connectivity index (χ2v) is 12.0. The smallest absolute Gasteiger partial charge is 0.0867 e. The molecule has 0 bridgehead atoms. The van der Waals surface area contributed by atoms with Gasteiger partial charge in [0.2, 0.25) is 0 Å². The van der Waals surface area contributed by atoms with Gasteiger partial charge in [0.05, 0.1) is 20.8 Å². The quantitative estimate of drug-likeness (QED) is 0.628. The molecule has 0 aliphatic rings. The highest BCUT2D eigenvalue weighted by atomic mass is 32.2. The number of benzene rings is 1. The molecule has 0 heterocycles. The Kier molecular flexibility index (Phi) is 5.05. The maximum atomic E-state index is 9.88. The van der Waals surface area contributed by atoms with Gasteiger partial charge in [-0.25, -0.2) is 0 Å². The number of hydrogen-bond donors (Lipinski definition) is 2. The van der Waals surface area contributed by atoms with E-state index in [1.165, 1.54) is 0 Å². The topological polar surface area (TPSA) is 40.5 Å². The summed E-state index contributed by atoms with van der Waals surface area (Å²) in [5, 5.41) is 19.0. The molecule has 0 spiro atoms. The van der Waals surface area contributed by atoms with Crippen LogP contribution in [0.25, 0.3) is 0 Å². The van der Waals surface area contributed by atoms with Crippen LogP contribution >= 0.6 is 11.8 Å². The molecule has 0 saturated carbocycles.